The van der Waals surface area contributed by atoms with Gasteiger partial charge in [0.25, 0.3) is 0 Å². The number of urea groups is 1. The van der Waals surface area contributed by atoms with Crippen molar-refractivity contribution in [1.29, 1.82) is 0 Å². The molecule has 0 heterocycles. The Bertz CT molecular complexity index is 659. The van der Waals surface area contributed by atoms with E-state index in [9.17, 15) is 14.4 Å². The Morgan fingerprint density at radius 3 is 2.64 bits per heavy atom. The van der Waals surface area contributed by atoms with Gasteiger partial charge in [-0.05, 0) is 37.0 Å². The van der Waals surface area contributed by atoms with Crippen LogP contribution in [0.4, 0.5) is 4.79 Å². The molecule has 0 spiro atoms. The van der Waals surface area contributed by atoms with Gasteiger partial charge in [-0.15, -0.1) is 0 Å². The number of hydrogen-bond donors (Lipinski definition) is 4. The van der Waals surface area contributed by atoms with Gasteiger partial charge in [0.1, 0.15) is 5.75 Å². The highest BCUT2D eigenvalue weighted by Gasteiger charge is 2.15. The molecule has 1 aliphatic carbocycles. The molecule has 1 fully saturated rings. The van der Waals surface area contributed by atoms with E-state index in [4.69, 9.17) is 9.84 Å². The van der Waals surface area contributed by atoms with E-state index in [0.717, 1.165) is 18.4 Å². The second-order valence-corrected chi connectivity index (χ2v) is 6.95. The number of ether oxygens (including phenoxy) is 1. The maximum atomic E-state index is 11.9. The summed E-state index contributed by atoms with van der Waals surface area (Å²) in [6, 6.07) is 7.04. The molecule has 0 radical (unpaired) electrons. The largest absolute Gasteiger partial charge is 0.482 e. The van der Waals surface area contributed by atoms with E-state index in [1.807, 2.05) is 6.07 Å². The Balaban J connectivity index is 1.57. The molecule has 8 nitrogen and oxygen atoms in total. The first-order valence-corrected chi connectivity index (χ1v) is 9.77. The van der Waals surface area contributed by atoms with Crippen LogP contribution >= 0.6 is 0 Å². The molecule has 0 atom stereocenters. The second kappa shape index (κ2) is 11.8. The molecule has 0 bridgehead atoms. The SMILES string of the molecule is O=C(O)COc1cccc(CNC(=O)CCCNC(=O)NC2CCCCC2)c1. The number of amides is 3. The molecule has 2 rings (SSSR count). The number of aliphatic carboxylic acids is 1. The fourth-order valence-corrected chi connectivity index (χ4v) is 3.11. The maximum absolute atomic E-state index is 11.9. The Morgan fingerprint density at radius 2 is 1.89 bits per heavy atom. The minimum absolute atomic E-state index is 0.105. The van der Waals surface area contributed by atoms with Crippen molar-refractivity contribution in [3.8, 4) is 5.75 Å². The summed E-state index contributed by atoms with van der Waals surface area (Å²) in [6.07, 6.45) is 6.54. The third-order valence-corrected chi connectivity index (χ3v) is 4.56. The monoisotopic (exact) mass is 391 g/mol. The maximum Gasteiger partial charge on any atom is 0.341 e. The third kappa shape index (κ3) is 8.75. The van der Waals surface area contributed by atoms with Gasteiger partial charge in [0.15, 0.2) is 6.61 Å². The summed E-state index contributed by atoms with van der Waals surface area (Å²) >= 11 is 0. The standard InChI is InChI=1S/C20H29N3O5/c24-18(10-5-11-21-20(27)23-16-7-2-1-3-8-16)22-13-15-6-4-9-17(12-15)28-14-19(25)26/h4,6,9,12,16H,1-3,5,7-8,10-11,13-14H2,(H,22,24)(H,25,26)(H2,21,23,27). The first-order valence-electron chi connectivity index (χ1n) is 9.77. The Morgan fingerprint density at radius 1 is 1.11 bits per heavy atom. The van der Waals surface area contributed by atoms with Gasteiger partial charge in [0, 0.05) is 25.6 Å². The molecule has 154 valence electrons. The lowest BCUT2D eigenvalue weighted by Gasteiger charge is -2.22. The van der Waals surface area contributed by atoms with Crippen LogP contribution in [-0.4, -0.2) is 42.2 Å². The number of nitrogens with one attached hydrogen (secondary N) is 3. The van der Waals surface area contributed by atoms with Crippen LogP contribution in [-0.2, 0) is 16.1 Å². The lowest BCUT2D eigenvalue weighted by atomic mass is 9.96. The summed E-state index contributed by atoms with van der Waals surface area (Å²) in [5, 5.41) is 17.2. The first kappa shape index (κ1) is 21.5. The summed E-state index contributed by atoms with van der Waals surface area (Å²) in [7, 11) is 0. The highest BCUT2D eigenvalue weighted by atomic mass is 16.5. The summed E-state index contributed by atoms with van der Waals surface area (Å²) in [5.74, 6) is -0.701. The zero-order valence-electron chi connectivity index (χ0n) is 16.0. The van der Waals surface area contributed by atoms with E-state index in [0.29, 0.717) is 31.7 Å². The zero-order chi connectivity index (χ0) is 20.2. The van der Waals surface area contributed by atoms with Crippen molar-refractivity contribution in [2.24, 2.45) is 0 Å². The van der Waals surface area contributed by atoms with Crippen LogP contribution in [0.3, 0.4) is 0 Å². The molecule has 1 aromatic carbocycles. The molecule has 0 aliphatic heterocycles. The Labute approximate surface area is 165 Å². The summed E-state index contributed by atoms with van der Waals surface area (Å²) < 4.78 is 5.11. The van der Waals surface area contributed by atoms with Crippen LogP contribution in [0.2, 0.25) is 0 Å². The van der Waals surface area contributed by atoms with Gasteiger partial charge in [-0.1, -0.05) is 31.4 Å². The predicted octanol–water partition coefficient (Wildman–Crippen LogP) is 2.18. The number of rotatable bonds is 10. The number of carboxylic acids is 1. The first-order chi connectivity index (χ1) is 13.5. The average Bonchev–Trinajstić information content (AvgIpc) is 2.69. The van der Waals surface area contributed by atoms with E-state index >= 15 is 0 Å². The molecule has 8 heteroatoms. The minimum Gasteiger partial charge on any atom is -0.482 e. The Hall–Kier alpha value is -2.77. The highest BCUT2D eigenvalue weighted by Crippen LogP contribution is 2.17. The van der Waals surface area contributed by atoms with Crippen molar-refractivity contribution in [1.82, 2.24) is 16.0 Å². The van der Waals surface area contributed by atoms with Gasteiger partial charge in [-0.25, -0.2) is 9.59 Å². The fraction of sp³-hybridized carbons (Fsp3) is 0.550. The van der Waals surface area contributed by atoms with Crippen LogP contribution in [0.15, 0.2) is 24.3 Å². The topological polar surface area (TPSA) is 117 Å². The van der Waals surface area contributed by atoms with Gasteiger partial charge in [0.2, 0.25) is 5.91 Å². The molecule has 3 amide bonds. The van der Waals surface area contributed by atoms with Crippen molar-refractivity contribution < 1.29 is 24.2 Å². The van der Waals surface area contributed by atoms with Crippen molar-refractivity contribution >= 4 is 17.9 Å². The van der Waals surface area contributed by atoms with Gasteiger partial charge in [0.05, 0.1) is 0 Å². The van der Waals surface area contributed by atoms with Gasteiger partial charge >= 0.3 is 12.0 Å². The molecular formula is C20H29N3O5. The summed E-state index contributed by atoms with van der Waals surface area (Å²) in [5.41, 5.74) is 0.821. The molecule has 28 heavy (non-hydrogen) atoms. The van der Waals surface area contributed by atoms with Crippen LogP contribution < -0.4 is 20.7 Å². The van der Waals surface area contributed by atoms with E-state index in [1.54, 1.807) is 18.2 Å². The number of carbonyl (C=O) groups excluding carboxylic acids is 2. The molecule has 1 aliphatic rings. The van der Waals surface area contributed by atoms with E-state index in [1.165, 1.54) is 19.3 Å². The highest BCUT2D eigenvalue weighted by molar-refractivity contribution is 5.76. The molecule has 1 aromatic rings. The zero-order valence-corrected chi connectivity index (χ0v) is 16.0. The van der Waals surface area contributed by atoms with Gasteiger partial charge in [-0.2, -0.15) is 0 Å². The predicted molar refractivity (Wildman–Crippen MR) is 104 cm³/mol. The van der Waals surface area contributed by atoms with Crippen LogP contribution in [0.25, 0.3) is 0 Å². The molecule has 0 saturated heterocycles. The Kier molecular flexibility index (Phi) is 9.10. The number of hydrogen-bond acceptors (Lipinski definition) is 4. The third-order valence-electron chi connectivity index (χ3n) is 4.56. The van der Waals surface area contributed by atoms with E-state index in [-0.39, 0.29) is 18.0 Å². The number of carboxylic acid groups (broad SMARTS) is 1. The smallest absolute Gasteiger partial charge is 0.341 e. The van der Waals surface area contributed by atoms with Gasteiger partial charge in [-0.3, -0.25) is 4.79 Å². The van der Waals surface area contributed by atoms with Crippen molar-refractivity contribution in [2.75, 3.05) is 13.2 Å². The van der Waals surface area contributed by atoms with Crippen molar-refractivity contribution in [3.63, 3.8) is 0 Å². The van der Waals surface area contributed by atoms with E-state index < -0.39 is 12.6 Å². The summed E-state index contributed by atoms with van der Waals surface area (Å²) in [6.45, 7) is 0.375. The molecule has 1 saturated carbocycles. The molecular weight excluding hydrogens is 362 g/mol. The van der Waals surface area contributed by atoms with Crippen LogP contribution in [0.1, 0.15) is 50.5 Å². The van der Waals surface area contributed by atoms with Crippen LogP contribution in [0, 0.1) is 0 Å². The quantitative estimate of drug-likeness (QED) is 0.456. The fourth-order valence-electron chi connectivity index (χ4n) is 3.11. The lowest BCUT2D eigenvalue weighted by Crippen LogP contribution is -2.43. The van der Waals surface area contributed by atoms with E-state index in [2.05, 4.69) is 16.0 Å². The molecule has 4 N–H and O–H groups in total. The lowest BCUT2D eigenvalue weighted by molar-refractivity contribution is -0.139. The van der Waals surface area contributed by atoms with Crippen molar-refractivity contribution in [3.05, 3.63) is 29.8 Å². The normalized spacial score (nSPS) is 14.1. The average molecular weight is 391 g/mol. The number of benzene rings is 1. The second-order valence-electron chi connectivity index (χ2n) is 6.95. The van der Waals surface area contributed by atoms with Crippen LogP contribution in [0.5, 0.6) is 5.75 Å². The number of carbonyl (C=O) groups is 3. The summed E-state index contributed by atoms with van der Waals surface area (Å²) in [4.78, 5) is 34.3. The van der Waals surface area contributed by atoms with Crippen molar-refractivity contribution in [2.45, 2.75) is 57.5 Å². The minimum atomic E-state index is -1.04. The van der Waals surface area contributed by atoms with Gasteiger partial charge < -0.3 is 25.8 Å². The molecule has 0 aromatic heterocycles. The molecule has 0 unspecified atom stereocenters.